The molecule has 1 aromatic carbocycles. The van der Waals surface area contributed by atoms with Gasteiger partial charge in [0.15, 0.2) is 0 Å². The molecule has 7 nitrogen and oxygen atoms in total. The maximum atomic E-state index is 12.7. The maximum absolute atomic E-state index is 12.7. The molecule has 2 aromatic rings. The first-order valence-corrected chi connectivity index (χ1v) is 7.91. The van der Waals surface area contributed by atoms with Crippen LogP contribution in [0.4, 0.5) is 0 Å². The maximum Gasteiger partial charge on any atom is 0.244 e. The number of amides is 1. The number of benzene rings is 1. The van der Waals surface area contributed by atoms with Crippen LogP contribution in [0, 0.1) is 5.92 Å². The molecule has 3 rings (SSSR count). The second-order valence-electron chi connectivity index (χ2n) is 5.82. The molecule has 7 heteroatoms. The van der Waals surface area contributed by atoms with Crippen LogP contribution < -0.4 is 0 Å². The summed E-state index contributed by atoms with van der Waals surface area (Å²) < 4.78 is 6.87. The number of aromatic nitrogens is 4. The highest BCUT2D eigenvalue weighted by Gasteiger charge is 2.22. The molecule has 1 aliphatic heterocycles. The highest BCUT2D eigenvalue weighted by molar-refractivity contribution is 5.75. The summed E-state index contributed by atoms with van der Waals surface area (Å²) in [6.45, 7) is 3.09. The predicted molar refractivity (Wildman–Crippen MR) is 83.2 cm³/mol. The van der Waals surface area contributed by atoms with Gasteiger partial charge in [-0.15, -0.1) is 5.10 Å². The van der Waals surface area contributed by atoms with Crippen molar-refractivity contribution < 1.29 is 9.53 Å². The number of carbonyl (C=O) groups excluding carboxylic acids is 1. The molecular weight excluding hydrogens is 294 g/mol. The largest absolute Gasteiger partial charge is 0.381 e. The lowest BCUT2D eigenvalue weighted by Crippen LogP contribution is -2.38. The first-order valence-electron chi connectivity index (χ1n) is 7.91. The first-order chi connectivity index (χ1) is 11.3. The molecule has 122 valence electrons. The third-order valence-corrected chi connectivity index (χ3v) is 4.08. The van der Waals surface area contributed by atoms with Crippen molar-refractivity contribution in [3.05, 3.63) is 42.2 Å². The van der Waals surface area contributed by atoms with Crippen LogP contribution in [0.1, 0.15) is 18.4 Å². The van der Waals surface area contributed by atoms with Crippen LogP contribution in [-0.2, 0) is 22.6 Å². The van der Waals surface area contributed by atoms with E-state index in [9.17, 15) is 4.79 Å². The average Bonchev–Trinajstić information content (AvgIpc) is 3.09. The van der Waals surface area contributed by atoms with Crippen LogP contribution in [0.2, 0.25) is 0 Å². The number of carbonyl (C=O) groups is 1. The molecular formula is C16H21N5O2. The Bertz CT molecular complexity index is 596. The highest BCUT2D eigenvalue weighted by Crippen LogP contribution is 2.18. The lowest BCUT2D eigenvalue weighted by Gasteiger charge is -2.30. The van der Waals surface area contributed by atoms with Gasteiger partial charge in [0.25, 0.3) is 0 Å². The highest BCUT2D eigenvalue weighted by atomic mass is 16.5. The number of tetrazole rings is 1. The quantitative estimate of drug-likeness (QED) is 0.799. The zero-order valence-electron chi connectivity index (χ0n) is 13.0. The Balaban J connectivity index is 1.67. The fourth-order valence-electron chi connectivity index (χ4n) is 2.79. The van der Waals surface area contributed by atoms with E-state index in [2.05, 4.69) is 15.5 Å². The third kappa shape index (κ3) is 4.59. The molecule has 0 N–H and O–H groups in total. The molecule has 1 aliphatic rings. The van der Waals surface area contributed by atoms with Gasteiger partial charge in [-0.3, -0.25) is 4.79 Å². The molecule has 23 heavy (non-hydrogen) atoms. The molecule has 0 bridgehead atoms. The topological polar surface area (TPSA) is 73.1 Å². The number of nitrogens with zero attached hydrogens (tertiary/aromatic N) is 5. The minimum absolute atomic E-state index is 0.0349. The summed E-state index contributed by atoms with van der Waals surface area (Å²) in [6, 6.07) is 10.1. The number of rotatable bonds is 6. The second-order valence-corrected chi connectivity index (χ2v) is 5.82. The molecule has 0 unspecified atom stereocenters. The summed E-state index contributed by atoms with van der Waals surface area (Å²) >= 11 is 0. The molecule has 1 fully saturated rings. The van der Waals surface area contributed by atoms with E-state index in [4.69, 9.17) is 4.74 Å². The second kappa shape index (κ2) is 7.82. The van der Waals surface area contributed by atoms with E-state index >= 15 is 0 Å². The van der Waals surface area contributed by atoms with Gasteiger partial charge in [-0.05, 0) is 34.7 Å². The Morgan fingerprint density at radius 1 is 1.26 bits per heavy atom. The van der Waals surface area contributed by atoms with Crippen molar-refractivity contribution in [2.45, 2.75) is 25.9 Å². The zero-order chi connectivity index (χ0) is 15.9. The Morgan fingerprint density at radius 2 is 2.04 bits per heavy atom. The van der Waals surface area contributed by atoms with Crippen molar-refractivity contribution in [3.8, 4) is 0 Å². The van der Waals surface area contributed by atoms with E-state index in [1.807, 2.05) is 35.2 Å². The molecule has 0 saturated carbocycles. The van der Waals surface area contributed by atoms with Crippen LogP contribution in [0.15, 0.2) is 36.7 Å². The fraction of sp³-hybridized carbons (Fsp3) is 0.500. The molecule has 0 spiro atoms. The minimum Gasteiger partial charge on any atom is -0.381 e. The van der Waals surface area contributed by atoms with Gasteiger partial charge in [0.1, 0.15) is 12.9 Å². The van der Waals surface area contributed by atoms with Crippen LogP contribution in [-0.4, -0.2) is 50.8 Å². The number of hydrogen-bond donors (Lipinski definition) is 0. The van der Waals surface area contributed by atoms with Crippen LogP contribution in [0.5, 0.6) is 0 Å². The van der Waals surface area contributed by atoms with Gasteiger partial charge in [-0.25, -0.2) is 4.68 Å². The Labute approximate surface area is 135 Å². The summed E-state index contributed by atoms with van der Waals surface area (Å²) in [4.78, 5) is 14.6. The van der Waals surface area contributed by atoms with Crippen molar-refractivity contribution in [1.82, 2.24) is 25.1 Å². The fourth-order valence-corrected chi connectivity index (χ4v) is 2.79. The Morgan fingerprint density at radius 3 is 2.74 bits per heavy atom. The van der Waals surface area contributed by atoms with Gasteiger partial charge in [-0.2, -0.15) is 0 Å². The summed E-state index contributed by atoms with van der Waals surface area (Å²) in [5.41, 5.74) is 1.13. The van der Waals surface area contributed by atoms with Gasteiger partial charge in [-0.1, -0.05) is 30.3 Å². The van der Waals surface area contributed by atoms with Crippen molar-refractivity contribution in [3.63, 3.8) is 0 Å². The first kappa shape index (κ1) is 15.6. The molecule has 0 aliphatic carbocycles. The van der Waals surface area contributed by atoms with E-state index in [-0.39, 0.29) is 12.5 Å². The van der Waals surface area contributed by atoms with Gasteiger partial charge in [0, 0.05) is 26.3 Å². The van der Waals surface area contributed by atoms with E-state index in [1.54, 1.807) is 0 Å². The van der Waals surface area contributed by atoms with Crippen molar-refractivity contribution in [2.75, 3.05) is 19.8 Å². The Kier molecular flexibility index (Phi) is 5.31. The van der Waals surface area contributed by atoms with Gasteiger partial charge < -0.3 is 9.64 Å². The monoisotopic (exact) mass is 315 g/mol. The standard InChI is InChI=1S/C16H21N5O2/c22-16(12-21-13-17-18-19-21)20(10-14-4-2-1-3-5-14)11-15-6-8-23-9-7-15/h1-5,13,15H,6-12H2. The van der Waals surface area contributed by atoms with Crippen molar-refractivity contribution >= 4 is 5.91 Å². The summed E-state index contributed by atoms with van der Waals surface area (Å²) in [7, 11) is 0. The van der Waals surface area contributed by atoms with Gasteiger partial charge in [0.05, 0.1) is 0 Å². The average molecular weight is 315 g/mol. The molecule has 1 amide bonds. The third-order valence-electron chi connectivity index (χ3n) is 4.08. The predicted octanol–water partition coefficient (Wildman–Crippen LogP) is 1.13. The van der Waals surface area contributed by atoms with E-state index in [0.29, 0.717) is 12.5 Å². The number of hydrogen-bond acceptors (Lipinski definition) is 5. The summed E-state index contributed by atoms with van der Waals surface area (Å²) in [6.07, 6.45) is 3.47. The summed E-state index contributed by atoms with van der Waals surface area (Å²) in [5, 5.41) is 10.9. The number of ether oxygens (including phenoxy) is 1. The van der Waals surface area contributed by atoms with Crippen molar-refractivity contribution in [1.29, 1.82) is 0 Å². The van der Waals surface area contributed by atoms with E-state index in [0.717, 1.165) is 38.2 Å². The van der Waals surface area contributed by atoms with Crippen molar-refractivity contribution in [2.24, 2.45) is 5.92 Å². The van der Waals surface area contributed by atoms with Crippen LogP contribution in [0.3, 0.4) is 0 Å². The lowest BCUT2D eigenvalue weighted by atomic mass is 9.99. The smallest absolute Gasteiger partial charge is 0.244 e. The van der Waals surface area contributed by atoms with E-state index < -0.39 is 0 Å². The van der Waals surface area contributed by atoms with Gasteiger partial charge >= 0.3 is 0 Å². The Hall–Kier alpha value is -2.28. The zero-order valence-corrected chi connectivity index (χ0v) is 13.0. The van der Waals surface area contributed by atoms with Crippen LogP contribution >= 0.6 is 0 Å². The minimum atomic E-state index is 0.0349. The molecule has 1 aromatic heterocycles. The SMILES string of the molecule is O=C(Cn1cnnn1)N(Cc1ccccc1)CC1CCOCC1. The molecule has 1 saturated heterocycles. The van der Waals surface area contributed by atoms with Crippen LogP contribution in [0.25, 0.3) is 0 Å². The lowest BCUT2D eigenvalue weighted by molar-refractivity contribution is -0.133. The summed E-state index contributed by atoms with van der Waals surface area (Å²) in [5.74, 6) is 0.526. The molecule has 0 atom stereocenters. The van der Waals surface area contributed by atoms with Gasteiger partial charge in [0.2, 0.25) is 5.91 Å². The molecule has 0 radical (unpaired) electrons. The normalized spacial score (nSPS) is 15.5. The van der Waals surface area contributed by atoms with E-state index in [1.165, 1.54) is 11.0 Å². The molecule has 2 heterocycles.